The molecule has 82 valence electrons. The van der Waals surface area contributed by atoms with Crippen molar-refractivity contribution in [3.8, 4) is 0 Å². The van der Waals surface area contributed by atoms with E-state index in [0.29, 0.717) is 0 Å². The Bertz CT molecular complexity index is 174. The van der Waals surface area contributed by atoms with Gasteiger partial charge in [0, 0.05) is 18.8 Å². The Hall–Kier alpha value is 0.240. The van der Waals surface area contributed by atoms with Gasteiger partial charge in [0.1, 0.15) is 0 Å². The summed E-state index contributed by atoms with van der Waals surface area (Å²) >= 11 is 7.41. The standard InChI is InChI=1S/C11H21NS2/c1-10(2)8-14-9-11(13)12-6-4-3-5-7-12/h10H,3-9H2,1-2H3. The summed E-state index contributed by atoms with van der Waals surface area (Å²) < 4.78 is 0. The SMILES string of the molecule is CC(C)CSCC(=S)N1CCCCC1. The van der Waals surface area contributed by atoms with E-state index in [0.717, 1.165) is 11.7 Å². The first-order chi connectivity index (χ1) is 6.70. The topological polar surface area (TPSA) is 3.24 Å². The van der Waals surface area contributed by atoms with Crippen LogP contribution >= 0.6 is 24.0 Å². The summed E-state index contributed by atoms with van der Waals surface area (Å²) in [4.78, 5) is 3.57. The van der Waals surface area contributed by atoms with E-state index in [1.165, 1.54) is 43.1 Å². The molecule has 1 nitrogen and oxygen atoms in total. The molecule has 0 N–H and O–H groups in total. The van der Waals surface area contributed by atoms with Crippen LogP contribution in [-0.4, -0.2) is 34.5 Å². The van der Waals surface area contributed by atoms with Gasteiger partial charge in [0.15, 0.2) is 0 Å². The Morgan fingerprint density at radius 1 is 1.29 bits per heavy atom. The fourth-order valence-corrected chi connectivity index (χ4v) is 3.00. The van der Waals surface area contributed by atoms with E-state index in [1.807, 2.05) is 11.8 Å². The van der Waals surface area contributed by atoms with Crippen LogP contribution in [0.2, 0.25) is 0 Å². The lowest BCUT2D eigenvalue weighted by Gasteiger charge is -2.29. The third kappa shape index (κ3) is 4.65. The molecular weight excluding hydrogens is 210 g/mol. The molecule has 0 radical (unpaired) electrons. The van der Waals surface area contributed by atoms with Crippen LogP contribution in [0.15, 0.2) is 0 Å². The first kappa shape index (κ1) is 12.3. The Morgan fingerprint density at radius 3 is 2.50 bits per heavy atom. The summed E-state index contributed by atoms with van der Waals surface area (Å²) in [5.41, 5.74) is 0. The molecule has 0 aliphatic carbocycles. The van der Waals surface area contributed by atoms with Crippen LogP contribution < -0.4 is 0 Å². The number of likely N-dealkylation sites (tertiary alicyclic amines) is 1. The molecule has 0 atom stereocenters. The molecule has 0 aromatic carbocycles. The van der Waals surface area contributed by atoms with Crippen LogP contribution in [0.1, 0.15) is 33.1 Å². The maximum atomic E-state index is 5.43. The monoisotopic (exact) mass is 231 g/mol. The Labute approximate surface area is 97.6 Å². The van der Waals surface area contributed by atoms with Gasteiger partial charge in [0.2, 0.25) is 0 Å². The average Bonchev–Trinajstić information content (AvgIpc) is 2.18. The molecule has 0 aromatic rings. The highest BCUT2D eigenvalue weighted by atomic mass is 32.2. The molecular formula is C11H21NS2. The van der Waals surface area contributed by atoms with Crippen LogP contribution in [0.3, 0.4) is 0 Å². The molecule has 1 aliphatic heterocycles. The van der Waals surface area contributed by atoms with Crippen molar-refractivity contribution in [2.24, 2.45) is 5.92 Å². The van der Waals surface area contributed by atoms with Crippen molar-refractivity contribution in [1.29, 1.82) is 0 Å². The van der Waals surface area contributed by atoms with Gasteiger partial charge in [-0.15, -0.1) is 0 Å². The molecule has 1 saturated heterocycles. The minimum atomic E-state index is 0.782. The third-order valence-corrected chi connectivity index (χ3v) is 4.35. The van der Waals surface area contributed by atoms with Crippen molar-refractivity contribution >= 4 is 29.0 Å². The lowest BCUT2D eigenvalue weighted by Crippen LogP contribution is -2.35. The fraction of sp³-hybridized carbons (Fsp3) is 0.909. The number of nitrogens with zero attached hydrogens (tertiary/aromatic N) is 1. The molecule has 0 spiro atoms. The Balaban J connectivity index is 2.13. The highest BCUT2D eigenvalue weighted by molar-refractivity contribution is 8.01. The molecule has 0 aromatic heterocycles. The first-order valence-corrected chi connectivity index (χ1v) is 7.12. The second kappa shape index (κ2) is 6.67. The summed E-state index contributed by atoms with van der Waals surface area (Å²) in [5.74, 6) is 3.06. The van der Waals surface area contributed by atoms with Crippen molar-refractivity contribution in [2.45, 2.75) is 33.1 Å². The Morgan fingerprint density at radius 2 is 1.93 bits per heavy atom. The quantitative estimate of drug-likeness (QED) is 0.684. The number of thiocarbonyl (C=S) groups is 1. The summed E-state index contributed by atoms with van der Waals surface area (Å²) in [6.07, 6.45) is 4.04. The minimum absolute atomic E-state index is 0.782. The maximum Gasteiger partial charge on any atom is 0.0879 e. The van der Waals surface area contributed by atoms with Gasteiger partial charge in [0.05, 0.1) is 4.99 Å². The summed E-state index contributed by atoms with van der Waals surface area (Å²) in [7, 11) is 0. The van der Waals surface area contributed by atoms with Crippen LogP contribution in [-0.2, 0) is 0 Å². The Kier molecular flexibility index (Phi) is 5.87. The molecule has 1 heterocycles. The fourth-order valence-electron chi connectivity index (χ4n) is 1.62. The van der Waals surface area contributed by atoms with Crippen LogP contribution in [0, 0.1) is 5.92 Å². The number of hydrogen-bond acceptors (Lipinski definition) is 2. The van der Waals surface area contributed by atoms with Crippen molar-refractivity contribution in [1.82, 2.24) is 4.90 Å². The minimum Gasteiger partial charge on any atom is -0.365 e. The van der Waals surface area contributed by atoms with E-state index in [4.69, 9.17) is 12.2 Å². The van der Waals surface area contributed by atoms with Crippen molar-refractivity contribution in [3.63, 3.8) is 0 Å². The van der Waals surface area contributed by atoms with E-state index >= 15 is 0 Å². The molecule has 1 aliphatic rings. The van der Waals surface area contributed by atoms with E-state index < -0.39 is 0 Å². The van der Waals surface area contributed by atoms with Gasteiger partial charge in [-0.1, -0.05) is 26.1 Å². The van der Waals surface area contributed by atoms with Gasteiger partial charge in [-0.3, -0.25) is 0 Å². The normalized spacial score (nSPS) is 17.5. The third-order valence-electron chi connectivity index (χ3n) is 2.39. The highest BCUT2D eigenvalue weighted by Crippen LogP contribution is 2.13. The molecule has 3 heteroatoms. The molecule has 0 amide bonds. The largest absolute Gasteiger partial charge is 0.365 e. The summed E-state index contributed by atoms with van der Waals surface area (Å²) in [6, 6.07) is 0. The smallest absolute Gasteiger partial charge is 0.0879 e. The lowest BCUT2D eigenvalue weighted by atomic mass is 10.1. The van der Waals surface area contributed by atoms with Gasteiger partial charge >= 0.3 is 0 Å². The molecule has 0 bridgehead atoms. The molecule has 1 fully saturated rings. The van der Waals surface area contributed by atoms with E-state index in [1.54, 1.807) is 0 Å². The predicted octanol–water partition coefficient (Wildman–Crippen LogP) is 3.19. The number of piperidine rings is 1. The summed E-state index contributed by atoms with van der Waals surface area (Å²) in [6.45, 7) is 6.91. The van der Waals surface area contributed by atoms with E-state index in [2.05, 4.69) is 18.7 Å². The first-order valence-electron chi connectivity index (χ1n) is 5.55. The van der Waals surface area contributed by atoms with Crippen molar-refractivity contribution in [3.05, 3.63) is 0 Å². The van der Waals surface area contributed by atoms with Crippen LogP contribution in [0.4, 0.5) is 0 Å². The van der Waals surface area contributed by atoms with Gasteiger partial charge < -0.3 is 4.90 Å². The second-order valence-electron chi connectivity index (χ2n) is 4.35. The van der Waals surface area contributed by atoms with E-state index in [9.17, 15) is 0 Å². The zero-order valence-corrected chi connectivity index (χ0v) is 10.9. The summed E-state index contributed by atoms with van der Waals surface area (Å²) in [5, 5.41) is 0. The zero-order chi connectivity index (χ0) is 10.4. The van der Waals surface area contributed by atoms with Crippen LogP contribution in [0.25, 0.3) is 0 Å². The van der Waals surface area contributed by atoms with Crippen LogP contribution in [0.5, 0.6) is 0 Å². The van der Waals surface area contributed by atoms with Gasteiger partial charge in [0.25, 0.3) is 0 Å². The molecule has 0 unspecified atom stereocenters. The van der Waals surface area contributed by atoms with Crippen molar-refractivity contribution < 1.29 is 0 Å². The lowest BCUT2D eigenvalue weighted by molar-refractivity contribution is 0.346. The van der Waals surface area contributed by atoms with Gasteiger partial charge in [-0.2, -0.15) is 11.8 Å². The molecule has 0 saturated carbocycles. The number of hydrogen-bond donors (Lipinski definition) is 0. The average molecular weight is 231 g/mol. The van der Waals surface area contributed by atoms with Gasteiger partial charge in [-0.05, 0) is 30.9 Å². The predicted molar refractivity (Wildman–Crippen MR) is 70.2 cm³/mol. The van der Waals surface area contributed by atoms with Crippen molar-refractivity contribution in [2.75, 3.05) is 24.6 Å². The molecule has 1 rings (SSSR count). The number of thioether (sulfide) groups is 1. The number of rotatable bonds is 4. The zero-order valence-electron chi connectivity index (χ0n) is 9.29. The maximum absolute atomic E-state index is 5.43. The highest BCUT2D eigenvalue weighted by Gasteiger charge is 2.12. The van der Waals surface area contributed by atoms with E-state index in [-0.39, 0.29) is 0 Å². The molecule has 14 heavy (non-hydrogen) atoms. The second-order valence-corrected chi connectivity index (χ2v) is 5.85. The van der Waals surface area contributed by atoms with Gasteiger partial charge in [-0.25, -0.2) is 0 Å².